The van der Waals surface area contributed by atoms with Gasteiger partial charge in [0, 0.05) is 36.4 Å². The molecule has 2 aliphatic rings. The van der Waals surface area contributed by atoms with E-state index in [1.807, 2.05) is 6.07 Å². The lowest BCUT2D eigenvalue weighted by Crippen LogP contribution is -2.48. The quantitative estimate of drug-likeness (QED) is 0.680. The van der Waals surface area contributed by atoms with E-state index in [0.29, 0.717) is 18.2 Å². The SMILES string of the molecule is Cc1c(NCC2CN3CCCC3CO2)cccc1[N+](=O)[O-]. The molecule has 2 heterocycles. The molecule has 3 rings (SSSR count). The van der Waals surface area contributed by atoms with E-state index >= 15 is 0 Å². The van der Waals surface area contributed by atoms with E-state index in [4.69, 9.17) is 4.74 Å². The van der Waals surface area contributed by atoms with E-state index in [-0.39, 0.29) is 16.7 Å². The third-order valence-electron chi connectivity index (χ3n) is 4.48. The summed E-state index contributed by atoms with van der Waals surface area (Å²) >= 11 is 0. The number of hydrogen-bond acceptors (Lipinski definition) is 5. The summed E-state index contributed by atoms with van der Waals surface area (Å²) in [6.45, 7) is 5.39. The molecule has 0 aliphatic carbocycles. The van der Waals surface area contributed by atoms with Crippen molar-refractivity contribution in [3.63, 3.8) is 0 Å². The lowest BCUT2D eigenvalue weighted by Gasteiger charge is -2.35. The molecule has 21 heavy (non-hydrogen) atoms. The molecule has 2 saturated heterocycles. The second-order valence-corrected chi connectivity index (χ2v) is 5.83. The Kier molecular flexibility index (Phi) is 4.07. The molecule has 6 nitrogen and oxygen atoms in total. The first-order valence-electron chi connectivity index (χ1n) is 7.48. The molecule has 1 N–H and O–H groups in total. The highest BCUT2D eigenvalue weighted by molar-refractivity contribution is 5.59. The summed E-state index contributed by atoms with van der Waals surface area (Å²) in [4.78, 5) is 13.1. The second kappa shape index (κ2) is 5.99. The molecule has 0 saturated carbocycles. The highest BCUT2D eigenvalue weighted by Crippen LogP contribution is 2.26. The van der Waals surface area contributed by atoms with Crippen molar-refractivity contribution < 1.29 is 9.66 Å². The monoisotopic (exact) mass is 291 g/mol. The number of nitro benzene ring substituents is 1. The van der Waals surface area contributed by atoms with Crippen molar-refractivity contribution >= 4 is 11.4 Å². The van der Waals surface area contributed by atoms with Gasteiger partial charge in [-0.3, -0.25) is 15.0 Å². The van der Waals surface area contributed by atoms with E-state index < -0.39 is 0 Å². The molecule has 2 atom stereocenters. The molecule has 0 spiro atoms. The number of benzene rings is 1. The van der Waals surface area contributed by atoms with Gasteiger partial charge in [-0.05, 0) is 32.4 Å². The van der Waals surface area contributed by atoms with Gasteiger partial charge < -0.3 is 10.1 Å². The minimum Gasteiger partial charge on any atom is -0.382 e. The van der Waals surface area contributed by atoms with Crippen LogP contribution in [-0.2, 0) is 4.74 Å². The molecule has 0 amide bonds. The standard InChI is InChI=1S/C15H21N3O3/c1-11-14(5-2-6-15(11)18(19)20)16-8-13-9-17-7-3-4-12(17)10-21-13/h2,5-6,12-13,16H,3-4,7-10H2,1H3. The molecule has 6 heteroatoms. The van der Waals surface area contributed by atoms with Crippen molar-refractivity contribution in [2.75, 3.05) is 31.6 Å². The maximum absolute atomic E-state index is 11.0. The van der Waals surface area contributed by atoms with E-state index in [9.17, 15) is 10.1 Å². The fourth-order valence-electron chi connectivity index (χ4n) is 3.25. The predicted molar refractivity (Wildman–Crippen MR) is 80.7 cm³/mol. The third-order valence-corrected chi connectivity index (χ3v) is 4.48. The Hall–Kier alpha value is -1.66. The molecule has 0 radical (unpaired) electrons. The summed E-state index contributed by atoms with van der Waals surface area (Å²) in [5, 5.41) is 14.3. The van der Waals surface area contributed by atoms with Crippen LogP contribution in [0.25, 0.3) is 0 Å². The third kappa shape index (κ3) is 3.01. The van der Waals surface area contributed by atoms with Crippen molar-refractivity contribution in [1.29, 1.82) is 0 Å². The number of rotatable bonds is 4. The van der Waals surface area contributed by atoms with Crippen molar-refractivity contribution in [2.45, 2.75) is 31.9 Å². The van der Waals surface area contributed by atoms with Crippen molar-refractivity contribution in [3.8, 4) is 0 Å². The van der Waals surface area contributed by atoms with Crippen LogP contribution in [0.4, 0.5) is 11.4 Å². The highest BCUT2D eigenvalue weighted by Gasteiger charge is 2.32. The number of nitro groups is 1. The smallest absolute Gasteiger partial charge is 0.274 e. The molecule has 2 aliphatic heterocycles. The van der Waals surface area contributed by atoms with E-state index in [2.05, 4.69) is 10.2 Å². The number of hydrogen-bond donors (Lipinski definition) is 1. The zero-order valence-corrected chi connectivity index (χ0v) is 12.2. The lowest BCUT2D eigenvalue weighted by atomic mass is 10.1. The Bertz CT molecular complexity index is 535. The van der Waals surface area contributed by atoms with Crippen molar-refractivity contribution in [2.24, 2.45) is 0 Å². The summed E-state index contributed by atoms with van der Waals surface area (Å²) in [5.74, 6) is 0. The van der Waals surface area contributed by atoms with Crippen LogP contribution in [0.15, 0.2) is 18.2 Å². The van der Waals surface area contributed by atoms with Crippen LogP contribution >= 0.6 is 0 Å². The van der Waals surface area contributed by atoms with Crippen LogP contribution in [0, 0.1) is 17.0 Å². The topological polar surface area (TPSA) is 67.6 Å². The van der Waals surface area contributed by atoms with Gasteiger partial charge in [-0.25, -0.2) is 0 Å². The molecule has 1 aromatic rings. The zero-order valence-electron chi connectivity index (χ0n) is 12.2. The molecule has 2 unspecified atom stereocenters. The van der Waals surface area contributed by atoms with Crippen molar-refractivity contribution in [1.82, 2.24) is 4.90 Å². The van der Waals surface area contributed by atoms with E-state index in [1.165, 1.54) is 25.5 Å². The molecular weight excluding hydrogens is 270 g/mol. The van der Waals surface area contributed by atoms with Gasteiger partial charge in [0.1, 0.15) is 0 Å². The maximum Gasteiger partial charge on any atom is 0.274 e. The Morgan fingerprint density at radius 1 is 1.52 bits per heavy atom. The van der Waals surface area contributed by atoms with Crippen LogP contribution < -0.4 is 5.32 Å². The number of nitrogens with one attached hydrogen (secondary N) is 1. The van der Waals surface area contributed by atoms with Gasteiger partial charge in [-0.15, -0.1) is 0 Å². The molecule has 114 valence electrons. The minimum absolute atomic E-state index is 0.151. The van der Waals surface area contributed by atoms with Crippen LogP contribution in [0.2, 0.25) is 0 Å². The summed E-state index contributed by atoms with van der Waals surface area (Å²) < 4.78 is 5.89. The number of nitrogens with zero attached hydrogens (tertiary/aromatic N) is 2. The average molecular weight is 291 g/mol. The Labute approximate surface area is 124 Å². The second-order valence-electron chi connectivity index (χ2n) is 5.83. The largest absolute Gasteiger partial charge is 0.382 e. The highest BCUT2D eigenvalue weighted by atomic mass is 16.6. The molecule has 2 fully saturated rings. The molecule has 0 bridgehead atoms. The van der Waals surface area contributed by atoms with Gasteiger partial charge in [0.2, 0.25) is 0 Å². The Morgan fingerprint density at radius 2 is 2.38 bits per heavy atom. The molecular formula is C15H21N3O3. The van der Waals surface area contributed by atoms with Crippen LogP contribution in [0.3, 0.4) is 0 Å². The Balaban J connectivity index is 1.60. The summed E-state index contributed by atoms with van der Waals surface area (Å²) in [5.41, 5.74) is 1.65. The van der Waals surface area contributed by atoms with Crippen LogP contribution in [0.5, 0.6) is 0 Å². The minimum atomic E-state index is -0.341. The van der Waals surface area contributed by atoms with Gasteiger partial charge >= 0.3 is 0 Å². The molecule has 0 aromatic heterocycles. The number of anilines is 1. The number of morpholine rings is 1. The first-order chi connectivity index (χ1) is 10.1. The van der Waals surface area contributed by atoms with Gasteiger partial charge in [0.05, 0.1) is 17.6 Å². The zero-order chi connectivity index (χ0) is 14.8. The average Bonchev–Trinajstić information content (AvgIpc) is 2.93. The van der Waals surface area contributed by atoms with Gasteiger partial charge in [0.25, 0.3) is 5.69 Å². The first kappa shape index (κ1) is 14.3. The predicted octanol–water partition coefficient (Wildman–Crippen LogP) is 2.18. The lowest BCUT2D eigenvalue weighted by molar-refractivity contribution is -0.385. The summed E-state index contributed by atoms with van der Waals surface area (Å²) in [7, 11) is 0. The number of ether oxygens (including phenoxy) is 1. The maximum atomic E-state index is 11.0. The number of fused-ring (bicyclic) bond motifs is 1. The fourth-order valence-corrected chi connectivity index (χ4v) is 3.25. The Morgan fingerprint density at radius 3 is 3.19 bits per heavy atom. The van der Waals surface area contributed by atoms with Crippen LogP contribution in [0.1, 0.15) is 18.4 Å². The van der Waals surface area contributed by atoms with Gasteiger partial charge in [0.15, 0.2) is 0 Å². The molecule has 1 aromatic carbocycles. The van der Waals surface area contributed by atoms with Crippen molar-refractivity contribution in [3.05, 3.63) is 33.9 Å². The van der Waals surface area contributed by atoms with Gasteiger partial charge in [-0.2, -0.15) is 0 Å². The van der Waals surface area contributed by atoms with Crippen LogP contribution in [-0.4, -0.2) is 48.2 Å². The summed E-state index contributed by atoms with van der Waals surface area (Å²) in [6.07, 6.45) is 2.65. The summed E-state index contributed by atoms with van der Waals surface area (Å²) in [6, 6.07) is 5.72. The fraction of sp³-hybridized carbons (Fsp3) is 0.600. The van der Waals surface area contributed by atoms with E-state index in [0.717, 1.165) is 18.8 Å². The first-order valence-corrected chi connectivity index (χ1v) is 7.48. The van der Waals surface area contributed by atoms with E-state index in [1.54, 1.807) is 13.0 Å². The normalized spacial score (nSPS) is 25.6. The van der Waals surface area contributed by atoms with Gasteiger partial charge in [-0.1, -0.05) is 6.07 Å².